The Morgan fingerprint density at radius 2 is 1.44 bits per heavy atom. The van der Waals surface area contributed by atoms with Crippen molar-refractivity contribution in [2.75, 3.05) is 0 Å². The maximum absolute atomic E-state index is 11.3. The molecule has 3 heteroatoms. The lowest BCUT2D eigenvalue weighted by Crippen LogP contribution is -2.01. The van der Waals surface area contributed by atoms with Gasteiger partial charge in [0.15, 0.2) is 0 Å². The van der Waals surface area contributed by atoms with Crippen LogP contribution in [0.1, 0.15) is 10.4 Å². The first-order valence-electron chi connectivity index (χ1n) is 5.05. The van der Waals surface area contributed by atoms with Gasteiger partial charge in [-0.1, -0.05) is 42.5 Å². The average molecular weight is 228 g/mol. The molecule has 0 unspecified atom stereocenters. The highest BCUT2D eigenvalue weighted by Crippen LogP contribution is 2.19. The fourth-order valence-electron chi connectivity index (χ4n) is 1.55. The number of benzene rings is 2. The first-order chi connectivity index (χ1) is 7.81. The van der Waals surface area contributed by atoms with E-state index in [2.05, 4.69) is 0 Å². The molecule has 80 valence electrons. The molecule has 0 spiro atoms. The van der Waals surface area contributed by atoms with Crippen LogP contribution in [-0.2, 0) is 4.43 Å². The smallest absolute Gasteiger partial charge is 0.324 e. The Morgan fingerprint density at radius 3 is 2.00 bits per heavy atom. The third kappa shape index (κ3) is 2.20. The molecule has 0 saturated carbocycles. The molecule has 2 rings (SSSR count). The monoisotopic (exact) mass is 228 g/mol. The highest BCUT2D eigenvalue weighted by molar-refractivity contribution is 6.09. The standard InChI is InChI=1S/C13H12O2Si/c14-13(15-16)12-8-6-11(7-9-12)10-4-2-1-3-5-10/h1-9H,16H3. The van der Waals surface area contributed by atoms with Crippen molar-refractivity contribution in [3.8, 4) is 11.1 Å². The maximum atomic E-state index is 11.3. The summed E-state index contributed by atoms with van der Waals surface area (Å²) in [6, 6.07) is 17.5. The molecular weight excluding hydrogens is 216 g/mol. The molecule has 16 heavy (non-hydrogen) atoms. The van der Waals surface area contributed by atoms with Crippen LogP contribution in [0.15, 0.2) is 54.6 Å². The average Bonchev–Trinajstić information content (AvgIpc) is 2.39. The van der Waals surface area contributed by atoms with Crippen LogP contribution in [0.3, 0.4) is 0 Å². The first kappa shape index (κ1) is 10.6. The predicted octanol–water partition coefficient (Wildman–Crippen LogP) is 1.79. The van der Waals surface area contributed by atoms with Crippen molar-refractivity contribution in [1.82, 2.24) is 0 Å². The van der Waals surface area contributed by atoms with Crippen molar-refractivity contribution in [1.29, 1.82) is 0 Å². The van der Waals surface area contributed by atoms with E-state index in [9.17, 15) is 4.79 Å². The summed E-state index contributed by atoms with van der Waals surface area (Å²) >= 11 is 0. The van der Waals surface area contributed by atoms with Crippen LogP contribution in [-0.4, -0.2) is 16.5 Å². The first-order valence-corrected chi connectivity index (χ1v) is 5.87. The van der Waals surface area contributed by atoms with Crippen LogP contribution < -0.4 is 0 Å². The number of hydrogen-bond donors (Lipinski definition) is 0. The van der Waals surface area contributed by atoms with Crippen LogP contribution in [0.2, 0.25) is 0 Å². The number of carbonyl (C=O) groups is 1. The van der Waals surface area contributed by atoms with Crippen LogP contribution in [0, 0.1) is 0 Å². The Bertz CT molecular complexity index is 477. The topological polar surface area (TPSA) is 26.3 Å². The third-order valence-electron chi connectivity index (χ3n) is 2.41. The van der Waals surface area contributed by atoms with E-state index in [-0.39, 0.29) is 5.97 Å². The molecule has 0 fully saturated rings. The molecule has 0 aliphatic carbocycles. The normalized spacial score (nSPS) is 10.0. The Kier molecular flexibility index (Phi) is 3.17. The molecular formula is C13H12O2Si. The SMILES string of the molecule is O=C(O[SiH3])c1ccc(-c2ccccc2)cc1. The van der Waals surface area contributed by atoms with Gasteiger partial charge in [0.1, 0.15) is 0 Å². The lowest BCUT2D eigenvalue weighted by Gasteiger charge is -2.03. The zero-order chi connectivity index (χ0) is 11.4. The van der Waals surface area contributed by atoms with Gasteiger partial charge in [0.25, 0.3) is 0 Å². The lowest BCUT2D eigenvalue weighted by molar-refractivity contribution is 0.0749. The third-order valence-corrected chi connectivity index (χ3v) is 2.78. The van der Waals surface area contributed by atoms with Crippen molar-refractivity contribution >= 4 is 16.5 Å². The minimum atomic E-state index is -0.244. The van der Waals surface area contributed by atoms with Crippen molar-refractivity contribution < 1.29 is 9.22 Å². The zero-order valence-corrected chi connectivity index (χ0v) is 11.0. The van der Waals surface area contributed by atoms with Crippen molar-refractivity contribution in [3.05, 3.63) is 60.2 Å². The summed E-state index contributed by atoms with van der Waals surface area (Å²) in [5.74, 6) is -0.244. The summed E-state index contributed by atoms with van der Waals surface area (Å²) < 4.78 is 4.78. The van der Waals surface area contributed by atoms with Crippen LogP contribution in [0.4, 0.5) is 0 Å². The van der Waals surface area contributed by atoms with Gasteiger partial charge in [-0.2, -0.15) is 0 Å². The minimum absolute atomic E-state index is 0.244. The highest BCUT2D eigenvalue weighted by Gasteiger charge is 2.04. The number of carbonyl (C=O) groups excluding carboxylic acids is 1. The Morgan fingerprint density at radius 1 is 0.875 bits per heavy atom. The number of rotatable bonds is 2. The van der Waals surface area contributed by atoms with E-state index >= 15 is 0 Å². The van der Waals surface area contributed by atoms with E-state index in [4.69, 9.17) is 4.43 Å². The van der Waals surface area contributed by atoms with E-state index in [1.54, 1.807) is 12.1 Å². The molecule has 0 amide bonds. The predicted molar refractivity (Wildman–Crippen MR) is 67.2 cm³/mol. The van der Waals surface area contributed by atoms with Gasteiger partial charge < -0.3 is 4.43 Å². The number of hydrogen-bond acceptors (Lipinski definition) is 2. The lowest BCUT2D eigenvalue weighted by atomic mass is 10.0. The largest absolute Gasteiger partial charge is 0.525 e. The summed E-state index contributed by atoms with van der Waals surface area (Å²) in [7, 11) is 0.432. The molecule has 0 aliphatic heterocycles. The maximum Gasteiger partial charge on any atom is 0.324 e. The van der Waals surface area contributed by atoms with Crippen molar-refractivity contribution in [3.63, 3.8) is 0 Å². The Balaban J connectivity index is 2.30. The molecule has 0 N–H and O–H groups in total. The Labute approximate surface area is 97.4 Å². The van der Waals surface area contributed by atoms with Gasteiger partial charge in [-0.25, -0.2) is 4.79 Å². The molecule has 0 radical (unpaired) electrons. The molecule has 0 atom stereocenters. The zero-order valence-electron chi connectivity index (χ0n) is 9.01. The molecule has 0 bridgehead atoms. The summed E-state index contributed by atoms with van der Waals surface area (Å²) in [5, 5.41) is 0. The minimum Gasteiger partial charge on any atom is -0.525 e. The van der Waals surface area contributed by atoms with Gasteiger partial charge in [0.2, 0.25) is 10.5 Å². The van der Waals surface area contributed by atoms with E-state index in [0.717, 1.165) is 11.1 Å². The quantitative estimate of drug-likeness (QED) is 0.733. The summed E-state index contributed by atoms with van der Waals surface area (Å²) in [6.07, 6.45) is 0. The summed E-state index contributed by atoms with van der Waals surface area (Å²) in [4.78, 5) is 11.3. The second-order valence-corrected chi connectivity index (χ2v) is 3.84. The Hall–Kier alpha value is -1.87. The molecule has 2 nitrogen and oxygen atoms in total. The van der Waals surface area contributed by atoms with Crippen LogP contribution in [0.5, 0.6) is 0 Å². The van der Waals surface area contributed by atoms with E-state index < -0.39 is 0 Å². The molecule has 0 heterocycles. The molecule has 2 aromatic rings. The van der Waals surface area contributed by atoms with Crippen molar-refractivity contribution in [2.45, 2.75) is 0 Å². The van der Waals surface area contributed by atoms with E-state index in [1.807, 2.05) is 42.5 Å². The van der Waals surface area contributed by atoms with Crippen LogP contribution in [0.25, 0.3) is 11.1 Å². The van der Waals surface area contributed by atoms with Gasteiger partial charge in [0.05, 0.1) is 5.56 Å². The fraction of sp³-hybridized carbons (Fsp3) is 0. The highest BCUT2D eigenvalue weighted by atomic mass is 28.2. The van der Waals surface area contributed by atoms with Crippen molar-refractivity contribution in [2.24, 2.45) is 0 Å². The summed E-state index contributed by atoms with van der Waals surface area (Å²) in [5.41, 5.74) is 2.86. The second-order valence-electron chi connectivity index (χ2n) is 3.43. The van der Waals surface area contributed by atoms with E-state index in [0.29, 0.717) is 16.0 Å². The second kappa shape index (κ2) is 4.77. The van der Waals surface area contributed by atoms with Gasteiger partial charge in [0, 0.05) is 0 Å². The fourth-order valence-corrected chi connectivity index (χ4v) is 1.78. The van der Waals surface area contributed by atoms with Crippen LogP contribution >= 0.6 is 0 Å². The molecule has 2 aromatic carbocycles. The summed E-state index contributed by atoms with van der Waals surface area (Å²) in [6.45, 7) is 0. The van der Waals surface area contributed by atoms with Gasteiger partial charge in [-0.15, -0.1) is 0 Å². The molecule has 0 aliphatic rings. The van der Waals surface area contributed by atoms with Gasteiger partial charge >= 0.3 is 5.97 Å². The van der Waals surface area contributed by atoms with Gasteiger partial charge in [-0.05, 0) is 23.3 Å². The van der Waals surface area contributed by atoms with Gasteiger partial charge in [-0.3, -0.25) is 0 Å². The molecule has 0 saturated heterocycles. The van der Waals surface area contributed by atoms with E-state index in [1.165, 1.54) is 0 Å². The molecule has 0 aromatic heterocycles.